The minimum Gasteiger partial charge on any atom is -0.469 e. The average molecular weight is 415 g/mol. The van der Waals surface area contributed by atoms with Crippen molar-refractivity contribution >= 4 is 23.6 Å². The SMILES string of the molecule is Cc1occc1-c1nnc(SCC(=O)N2CCN(C(=O)c3ccco3)CC2)n1C. The molecular formula is C19H21N5O4S. The monoisotopic (exact) mass is 415 g/mol. The summed E-state index contributed by atoms with van der Waals surface area (Å²) in [5, 5.41) is 9.08. The number of nitrogens with zero attached hydrogens (tertiary/aromatic N) is 5. The number of furan rings is 2. The van der Waals surface area contributed by atoms with Crippen LogP contribution in [0.3, 0.4) is 0 Å². The Morgan fingerprint density at radius 2 is 1.83 bits per heavy atom. The molecule has 4 rings (SSSR count). The molecule has 0 aliphatic carbocycles. The van der Waals surface area contributed by atoms with Gasteiger partial charge in [0, 0.05) is 33.2 Å². The second-order valence-corrected chi connectivity index (χ2v) is 7.64. The van der Waals surface area contributed by atoms with Crippen molar-refractivity contribution < 1.29 is 18.4 Å². The van der Waals surface area contributed by atoms with Crippen molar-refractivity contribution in [2.75, 3.05) is 31.9 Å². The molecule has 10 heteroatoms. The molecule has 1 saturated heterocycles. The van der Waals surface area contributed by atoms with E-state index in [1.165, 1.54) is 18.0 Å². The van der Waals surface area contributed by atoms with E-state index < -0.39 is 0 Å². The first-order chi connectivity index (χ1) is 14.0. The van der Waals surface area contributed by atoms with Crippen LogP contribution < -0.4 is 0 Å². The van der Waals surface area contributed by atoms with Crippen molar-refractivity contribution in [3.05, 3.63) is 42.2 Å². The lowest BCUT2D eigenvalue weighted by Gasteiger charge is -2.34. The summed E-state index contributed by atoms with van der Waals surface area (Å²) in [6.45, 7) is 3.86. The third kappa shape index (κ3) is 3.93. The highest BCUT2D eigenvalue weighted by Crippen LogP contribution is 2.26. The second kappa shape index (κ2) is 8.16. The number of hydrogen-bond acceptors (Lipinski definition) is 7. The molecule has 3 aromatic heterocycles. The Morgan fingerprint density at radius 1 is 1.07 bits per heavy atom. The molecule has 0 saturated carbocycles. The summed E-state index contributed by atoms with van der Waals surface area (Å²) in [4.78, 5) is 28.4. The van der Waals surface area contributed by atoms with Crippen LogP contribution in [-0.2, 0) is 11.8 Å². The predicted octanol–water partition coefficient (Wildman–Crippen LogP) is 2.05. The molecule has 0 spiro atoms. The maximum Gasteiger partial charge on any atom is 0.289 e. The zero-order valence-corrected chi connectivity index (χ0v) is 17.0. The molecule has 3 aromatic rings. The van der Waals surface area contributed by atoms with Gasteiger partial charge < -0.3 is 23.2 Å². The van der Waals surface area contributed by atoms with Gasteiger partial charge >= 0.3 is 0 Å². The van der Waals surface area contributed by atoms with Gasteiger partial charge in [-0.15, -0.1) is 10.2 Å². The van der Waals surface area contributed by atoms with Crippen molar-refractivity contribution in [1.29, 1.82) is 0 Å². The molecule has 29 heavy (non-hydrogen) atoms. The quantitative estimate of drug-likeness (QED) is 0.588. The van der Waals surface area contributed by atoms with E-state index in [1.54, 1.807) is 28.2 Å². The Morgan fingerprint density at radius 3 is 2.48 bits per heavy atom. The Labute approximate surface area is 171 Å². The van der Waals surface area contributed by atoms with Gasteiger partial charge in [0.2, 0.25) is 5.91 Å². The highest BCUT2D eigenvalue weighted by molar-refractivity contribution is 7.99. The number of piperazine rings is 1. The molecule has 2 amide bonds. The van der Waals surface area contributed by atoms with Crippen LogP contribution in [0.15, 0.2) is 44.7 Å². The van der Waals surface area contributed by atoms with Crippen LogP contribution in [0.2, 0.25) is 0 Å². The molecule has 9 nitrogen and oxygen atoms in total. The first-order valence-corrected chi connectivity index (χ1v) is 10.2. The Bertz CT molecular complexity index is 1000. The van der Waals surface area contributed by atoms with E-state index in [9.17, 15) is 9.59 Å². The number of aromatic nitrogens is 3. The fourth-order valence-corrected chi connectivity index (χ4v) is 4.04. The van der Waals surface area contributed by atoms with Crippen LogP contribution in [0.25, 0.3) is 11.4 Å². The van der Waals surface area contributed by atoms with Gasteiger partial charge in [-0.1, -0.05) is 11.8 Å². The predicted molar refractivity (Wildman–Crippen MR) is 105 cm³/mol. The van der Waals surface area contributed by atoms with Crippen LogP contribution in [-0.4, -0.2) is 68.3 Å². The summed E-state index contributed by atoms with van der Waals surface area (Å²) in [5.41, 5.74) is 0.885. The van der Waals surface area contributed by atoms with Crippen LogP contribution in [0.5, 0.6) is 0 Å². The molecule has 1 fully saturated rings. The normalized spacial score (nSPS) is 14.4. The lowest BCUT2D eigenvalue weighted by molar-refractivity contribution is -0.129. The van der Waals surface area contributed by atoms with Crippen molar-refractivity contribution in [3.8, 4) is 11.4 Å². The van der Waals surface area contributed by atoms with Crippen LogP contribution in [0, 0.1) is 6.92 Å². The summed E-state index contributed by atoms with van der Waals surface area (Å²) in [7, 11) is 1.87. The molecule has 0 bridgehead atoms. The maximum absolute atomic E-state index is 12.6. The first-order valence-electron chi connectivity index (χ1n) is 9.22. The van der Waals surface area contributed by atoms with Crippen LogP contribution in [0.4, 0.5) is 0 Å². The smallest absolute Gasteiger partial charge is 0.289 e. The number of thioether (sulfide) groups is 1. The number of carbonyl (C=O) groups is 2. The summed E-state index contributed by atoms with van der Waals surface area (Å²) in [5.74, 6) is 1.95. The van der Waals surface area contributed by atoms with Crippen molar-refractivity contribution in [1.82, 2.24) is 24.6 Å². The fourth-order valence-electron chi connectivity index (χ4n) is 3.22. The van der Waals surface area contributed by atoms with E-state index in [2.05, 4.69) is 10.2 Å². The number of hydrogen-bond donors (Lipinski definition) is 0. The number of aryl methyl sites for hydroxylation is 1. The van der Waals surface area contributed by atoms with E-state index in [4.69, 9.17) is 8.83 Å². The summed E-state index contributed by atoms with van der Waals surface area (Å²) in [6, 6.07) is 5.19. The number of carbonyl (C=O) groups excluding carboxylic acids is 2. The standard InChI is InChI=1S/C19H21N5O4S/c1-13-14(5-11-27-13)17-20-21-19(22(17)2)29-12-16(25)23-6-8-24(9-7-23)18(26)15-4-3-10-28-15/h3-5,10-11H,6-9,12H2,1-2H3. The molecule has 0 N–H and O–H groups in total. The Kier molecular flexibility index (Phi) is 5.43. The lowest BCUT2D eigenvalue weighted by atomic mass is 10.2. The number of amides is 2. The summed E-state index contributed by atoms with van der Waals surface area (Å²) < 4.78 is 12.3. The zero-order chi connectivity index (χ0) is 20.4. The molecule has 152 valence electrons. The highest BCUT2D eigenvalue weighted by atomic mass is 32.2. The molecule has 0 radical (unpaired) electrons. The molecule has 0 atom stereocenters. The summed E-state index contributed by atoms with van der Waals surface area (Å²) in [6.07, 6.45) is 3.10. The lowest BCUT2D eigenvalue weighted by Crippen LogP contribution is -2.51. The molecule has 0 unspecified atom stereocenters. The van der Waals surface area contributed by atoms with E-state index in [-0.39, 0.29) is 17.6 Å². The zero-order valence-electron chi connectivity index (χ0n) is 16.2. The number of rotatable bonds is 5. The van der Waals surface area contributed by atoms with E-state index in [0.29, 0.717) is 42.9 Å². The van der Waals surface area contributed by atoms with E-state index in [1.807, 2.05) is 24.6 Å². The van der Waals surface area contributed by atoms with Gasteiger partial charge in [-0.2, -0.15) is 0 Å². The Balaban J connectivity index is 1.30. The molecule has 1 aliphatic rings. The van der Waals surface area contributed by atoms with Crippen molar-refractivity contribution in [2.45, 2.75) is 12.1 Å². The maximum atomic E-state index is 12.6. The van der Waals surface area contributed by atoms with E-state index >= 15 is 0 Å². The molecule has 1 aliphatic heterocycles. The molecule has 0 aromatic carbocycles. The third-order valence-electron chi connectivity index (χ3n) is 4.91. The van der Waals surface area contributed by atoms with Crippen LogP contribution in [0.1, 0.15) is 16.3 Å². The van der Waals surface area contributed by atoms with Gasteiger partial charge in [0.25, 0.3) is 5.91 Å². The molecular weight excluding hydrogens is 394 g/mol. The minimum atomic E-state index is -0.141. The fraction of sp³-hybridized carbons (Fsp3) is 0.368. The largest absolute Gasteiger partial charge is 0.469 e. The van der Waals surface area contributed by atoms with Gasteiger partial charge in [-0.05, 0) is 25.1 Å². The molecule has 4 heterocycles. The van der Waals surface area contributed by atoms with E-state index in [0.717, 1.165) is 11.3 Å². The van der Waals surface area contributed by atoms with Gasteiger partial charge in [0.15, 0.2) is 16.7 Å². The topological polar surface area (TPSA) is 97.6 Å². The van der Waals surface area contributed by atoms with Crippen molar-refractivity contribution in [2.24, 2.45) is 7.05 Å². The van der Waals surface area contributed by atoms with Gasteiger partial charge in [0.1, 0.15) is 5.76 Å². The van der Waals surface area contributed by atoms with Gasteiger partial charge in [-0.3, -0.25) is 9.59 Å². The first kappa shape index (κ1) is 19.3. The van der Waals surface area contributed by atoms with Gasteiger partial charge in [0.05, 0.1) is 23.8 Å². The summed E-state index contributed by atoms with van der Waals surface area (Å²) >= 11 is 1.35. The van der Waals surface area contributed by atoms with Gasteiger partial charge in [-0.25, -0.2) is 0 Å². The van der Waals surface area contributed by atoms with Crippen LogP contribution >= 0.6 is 11.8 Å². The minimum absolute atomic E-state index is 0.0177. The Hall–Kier alpha value is -3.01. The average Bonchev–Trinajstić information content (AvgIpc) is 3.48. The highest BCUT2D eigenvalue weighted by Gasteiger charge is 2.26. The van der Waals surface area contributed by atoms with Crippen molar-refractivity contribution in [3.63, 3.8) is 0 Å². The third-order valence-corrected chi connectivity index (χ3v) is 5.92. The second-order valence-electron chi connectivity index (χ2n) is 6.69.